The maximum atomic E-state index is 13.2. The lowest BCUT2D eigenvalue weighted by molar-refractivity contribution is 0.0702. The van der Waals surface area contributed by atoms with Gasteiger partial charge >= 0.3 is 5.97 Å². The highest BCUT2D eigenvalue weighted by atomic mass is 32.2. The first kappa shape index (κ1) is 16.4. The molecule has 2 N–H and O–H groups in total. The van der Waals surface area contributed by atoms with Gasteiger partial charge in [-0.3, -0.25) is 4.72 Å². The van der Waals surface area contributed by atoms with Crippen LogP contribution >= 0.6 is 11.3 Å². The van der Waals surface area contributed by atoms with Gasteiger partial charge in [0.25, 0.3) is 10.0 Å². The molecule has 9 heteroatoms. The van der Waals surface area contributed by atoms with Gasteiger partial charge in [0.15, 0.2) is 0 Å². The van der Waals surface area contributed by atoms with Crippen molar-refractivity contribution < 1.29 is 27.4 Å². The van der Waals surface area contributed by atoms with E-state index in [0.29, 0.717) is 5.56 Å². The van der Waals surface area contributed by atoms with Gasteiger partial charge in [0.2, 0.25) is 0 Å². The molecular weight excluding hydrogens is 333 g/mol. The molecule has 2 rings (SSSR count). The molecule has 6 nitrogen and oxygen atoms in total. The smallest absolute Gasteiger partial charge is 0.345 e. The summed E-state index contributed by atoms with van der Waals surface area (Å²) in [5.41, 5.74) is 0.506. The van der Waals surface area contributed by atoms with Crippen molar-refractivity contribution >= 4 is 33.0 Å². The second kappa shape index (κ2) is 6.42. The highest BCUT2D eigenvalue weighted by molar-refractivity contribution is 7.92. The summed E-state index contributed by atoms with van der Waals surface area (Å²) in [5.74, 6) is -1.72. The largest absolute Gasteiger partial charge is 0.477 e. The van der Waals surface area contributed by atoms with Crippen LogP contribution in [0.25, 0.3) is 0 Å². The molecule has 0 saturated heterocycles. The van der Waals surface area contributed by atoms with Gasteiger partial charge in [-0.2, -0.15) is 0 Å². The third-order valence-electron chi connectivity index (χ3n) is 2.71. The van der Waals surface area contributed by atoms with Crippen LogP contribution in [0.1, 0.15) is 15.2 Å². The Morgan fingerprint density at radius 1 is 1.41 bits per heavy atom. The zero-order valence-corrected chi connectivity index (χ0v) is 13.0. The van der Waals surface area contributed by atoms with Gasteiger partial charge in [-0.25, -0.2) is 17.6 Å². The van der Waals surface area contributed by atoms with E-state index in [2.05, 4.69) is 4.72 Å². The van der Waals surface area contributed by atoms with Gasteiger partial charge in [-0.15, -0.1) is 11.3 Å². The Balaban J connectivity index is 2.34. The number of carboxylic acids is 1. The van der Waals surface area contributed by atoms with Crippen LogP contribution in [0.2, 0.25) is 0 Å². The topological polar surface area (TPSA) is 92.7 Å². The molecule has 22 heavy (non-hydrogen) atoms. The van der Waals surface area contributed by atoms with Gasteiger partial charge in [0.05, 0.1) is 17.2 Å². The lowest BCUT2D eigenvalue weighted by atomic mass is 10.2. The van der Waals surface area contributed by atoms with Crippen molar-refractivity contribution in [1.29, 1.82) is 0 Å². The first-order chi connectivity index (χ1) is 10.3. The second-order valence-corrected chi connectivity index (χ2v) is 6.89. The van der Waals surface area contributed by atoms with Crippen LogP contribution in [-0.2, 0) is 21.4 Å². The predicted molar refractivity (Wildman–Crippen MR) is 79.2 cm³/mol. The molecule has 1 aromatic heterocycles. The molecular formula is C13H12FNO5S2. The standard InChI is InChI=1S/C13H12FNO5S2/c1-20-6-8-4-9(14)2-3-11(8)15-22(18,19)10-5-12(13(16)17)21-7-10/h2-5,7,15H,6H2,1H3,(H,16,17). The first-order valence-corrected chi connectivity index (χ1v) is 8.32. The van der Waals surface area contributed by atoms with Crippen molar-refractivity contribution in [2.45, 2.75) is 11.5 Å². The minimum Gasteiger partial charge on any atom is -0.477 e. The lowest BCUT2D eigenvalue weighted by Crippen LogP contribution is -2.14. The Morgan fingerprint density at radius 3 is 2.73 bits per heavy atom. The summed E-state index contributed by atoms with van der Waals surface area (Å²) in [4.78, 5) is 10.6. The minimum absolute atomic E-state index is 0.0274. The Bertz CT molecular complexity index is 801. The zero-order chi connectivity index (χ0) is 16.3. The molecule has 0 bridgehead atoms. The molecule has 0 aliphatic heterocycles. The number of benzene rings is 1. The third kappa shape index (κ3) is 3.62. The number of anilines is 1. The van der Waals surface area contributed by atoms with Crippen LogP contribution in [0.5, 0.6) is 0 Å². The molecule has 0 atom stereocenters. The van der Waals surface area contributed by atoms with Crippen LogP contribution in [0.15, 0.2) is 34.5 Å². The van der Waals surface area contributed by atoms with Gasteiger partial charge in [0, 0.05) is 18.1 Å². The summed E-state index contributed by atoms with van der Waals surface area (Å²) in [7, 11) is -2.56. The highest BCUT2D eigenvalue weighted by Gasteiger charge is 2.20. The number of hydrogen-bond acceptors (Lipinski definition) is 5. The van der Waals surface area contributed by atoms with E-state index in [-0.39, 0.29) is 22.1 Å². The van der Waals surface area contributed by atoms with Gasteiger partial charge in [-0.1, -0.05) is 0 Å². The summed E-state index contributed by atoms with van der Waals surface area (Å²) in [6, 6.07) is 4.63. The maximum Gasteiger partial charge on any atom is 0.345 e. The molecule has 0 fully saturated rings. The van der Waals surface area contributed by atoms with Crippen LogP contribution in [0, 0.1) is 5.82 Å². The monoisotopic (exact) mass is 345 g/mol. The summed E-state index contributed by atoms with van der Waals surface area (Å²) in [6.07, 6.45) is 0. The Labute approximate surface area is 130 Å². The average Bonchev–Trinajstić information content (AvgIpc) is 2.93. The van der Waals surface area contributed by atoms with E-state index >= 15 is 0 Å². The lowest BCUT2D eigenvalue weighted by Gasteiger charge is -2.11. The fraction of sp³-hybridized carbons (Fsp3) is 0.154. The molecule has 0 amide bonds. The number of thiophene rings is 1. The SMILES string of the molecule is COCc1cc(F)ccc1NS(=O)(=O)c1csc(C(=O)O)c1. The second-order valence-electron chi connectivity index (χ2n) is 4.29. The van der Waals surface area contributed by atoms with E-state index in [4.69, 9.17) is 9.84 Å². The van der Waals surface area contributed by atoms with Crippen LogP contribution in [0.3, 0.4) is 0 Å². The average molecular weight is 345 g/mol. The van der Waals surface area contributed by atoms with Crippen molar-refractivity contribution in [3.05, 3.63) is 45.9 Å². The molecule has 0 saturated carbocycles. The van der Waals surface area contributed by atoms with E-state index in [1.807, 2.05) is 0 Å². The number of halogens is 1. The zero-order valence-electron chi connectivity index (χ0n) is 11.4. The van der Waals surface area contributed by atoms with E-state index in [9.17, 15) is 17.6 Å². The van der Waals surface area contributed by atoms with E-state index in [1.54, 1.807) is 0 Å². The van der Waals surface area contributed by atoms with Crippen molar-refractivity contribution in [3.8, 4) is 0 Å². The quantitative estimate of drug-likeness (QED) is 0.839. The van der Waals surface area contributed by atoms with Crippen molar-refractivity contribution in [3.63, 3.8) is 0 Å². The number of ether oxygens (including phenoxy) is 1. The summed E-state index contributed by atoms with van der Waals surface area (Å²) in [5, 5.41) is 10.1. The van der Waals surface area contributed by atoms with Crippen LogP contribution in [0.4, 0.5) is 10.1 Å². The highest BCUT2D eigenvalue weighted by Crippen LogP contribution is 2.25. The number of carbonyl (C=O) groups is 1. The van der Waals surface area contributed by atoms with E-state index in [0.717, 1.165) is 29.5 Å². The Hall–Kier alpha value is -1.97. The van der Waals surface area contributed by atoms with E-state index in [1.165, 1.54) is 18.6 Å². The molecule has 1 heterocycles. The number of rotatable bonds is 6. The number of hydrogen-bond donors (Lipinski definition) is 2. The number of aromatic carboxylic acids is 1. The first-order valence-electron chi connectivity index (χ1n) is 5.95. The van der Waals surface area contributed by atoms with Crippen LogP contribution in [-0.4, -0.2) is 26.6 Å². The molecule has 1 aromatic carbocycles. The predicted octanol–water partition coefficient (Wildman–Crippen LogP) is 2.53. The molecule has 0 aliphatic rings. The Morgan fingerprint density at radius 2 is 2.14 bits per heavy atom. The van der Waals surface area contributed by atoms with Crippen molar-refractivity contribution in [1.82, 2.24) is 0 Å². The fourth-order valence-corrected chi connectivity index (χ4v) is 3.92. The minimum atomic E-state index is -3.96. The molecule has 0 unspecified atom stereocenters. The number of methoxy groups -OCH3 is 1. The number of carboxylic acid groups (broad SMARTS) is 1. The number of sulfonamides is 1. The molecule has 118 valence electrons. The van der Waals surface area contributed by atoms with Gasteiger partial charge < -0.3 is 9.84 Å². The fourth-order valence-electron chi connectivity index (χ4n) is 1.71. The van der Waals surface area contributed by atoms with Gasteiger partial charge in [0.1, 0.15) is 10.7 Å². The van der Waals surface area contributed by atoms with Crippen molar-refractivity contribution in [2.24, 2.45) is 0 Å². The maximum absolute atomic E-state index is 13.2. The van der Waals surface area contributed by atoms with Crippen molar-refractivity contribution in [2.75, 3.05) is 11.8 Å². The van der Waals surface area contributed by atoms with Gasteiger partial charge in [-0.05, 0) is 24.3 Å². The molecule has 0 spiro atoms. The van der Waals surface area contributed by atoms with E-state index < -0.39 is 21.8 Å². The number of nitrogens with one attached hydrogen (secondary N) is 1. The molecule has 0 radical (unpaired) electrons. The summed E-state index contributed by atoms with van der Waals surface area (Å²) in [6.45, 7) is 0.0274. The third-order valence-corrected chi connectivity index (χ3v) is 5.12. The molecule has 2 aromatic rings. The normalized spacial score (nSPS) is 11.4. The van der Waals surface area contributed by atoms with Crippen LogP contribution < -0.4 is 4.72 Å². The molecule has 0 aliphatic carbocycles. The summed E-state index contributed by atoms with van der Waals surface area (Å²) < 4.78 is 44.9. The Kier molecular flexibility index (Phi) is 4.79. The summed E-state index contributed by atoms with van der Waals surface area (Å²) >= 11 is 0.809.